The van der Waals surface area contributed by atoms with Gasteiger partial charge in [0.1, 0.15) is 16.4 Å². The van der Waals surface area contributed by atoms with E-state index < -0.39 is 21.2 Å². The maximum atomic E-state index is 14.0. The van der Waals surface area contributed by atoms with E-state index in [0.29, 0.717) is 5.39 Å². The molecule has 1 aromatic carbocycles. The predicted molar refractivity (Wildman–Crippen MR) is 99.9 cm³/mol. The van der Waals surface area contributed by atoms with Crippen molar-refractivity contribution < 1.29 is 17.5 Å². The lowest BCUT2D eigenvalue weighted by molar-refractivity contribution is 0.392. The van der Waals surface area contributed by atoms with Gasteiger partial charge in [0.25, 0.3) is 5.56 Å². The molecule has 0 unspecified atom stereocenters. The Labute approximate surface area is 163 Å². The highest BCUT2D eigenvalue weighted by atomic mass is 32.2. The van der Waals surface area contributed by atoms with Gasteiger partial charge in [-0.15, -0.1) is 0 Å². The van der Waals surface area contributed by atoms with Crippen LogP contribution in [0.15, 0.2) is 63.5 Å². The first-order valence-corrected chi connectivity index (χ1v) is 9.81. The van der Waals surface area contributed by atoms with Crippen LogP contribution in [0.1, 0.15) is 5.69 Å². The summed E-state index contributed by atoms with van der Waals surface area (Å²) in [7, 11) is -2.37. The predicted octanol–water partition coefficient (Wildman–Crippen LogP) is 1.54. The van der Waals surface area contributed by atoms with Gasteiger partial charge in [-0.05, 0) is 24.3 Å². The minimum atomic E-state index is -3.78. The van der Waals surface area contributed by atoms with Crippen molar-refractivity contribution in [2.75, 3.05) is 7.11 Å². The van der Waals surface area contributed by atoms with Crippen molar-refractivity contribution in [1.29, 1.82) is 0 Å². The molecule has 1 N–H and O–H groups in total. The number of rotatable bonds is 5. The molecule has 0 saturated heterocycles. The Bertz CT molecular complexity index is 1370. The molecule has 9 nitrogen and oxygen atoms in total. The number of hydrogen-bond donors (Lipinski definition) is 1. The maximum absolute atomic E-state index is 14.0. The van der Waals surface area contributed by atoms with E-state index in [1.165, 1.54) is 56.0 Å². The highest BCUT2D eigenvalue weighted by Gasteiger charge is 2.20. The number of benzene rings is 1. The van der Waals surface area contributed by atoms with Crippen LogP contribution in [-0.2, 0) is 16.4 Å². The number of methoxy groups -OCH3 is 1. The lowest BCUT2D eigenvalue weighted by Crippen LogP contribution is -2.24. The molecule has 0 aliphatic carbocycles. The van der Waals surface area contributed by atoms with Gasteiger partial charge in [-0.1, -0.05) is 0 Å². The third-order valence-corrected chi connectivity index (χ3v) is 6.04. The van der Waals surface area contributed by atoms with Gasteiger partial charge in [0, 0.05) is 17.6 Å². The monoisotopic (exact) mass is 415 g/mol. The molecule has 0 saturated carbocycles. The van der Waals surface area contributed by atoms with Crippen LogP contribution in [0, 0.1) is 5.82 Å². The minimum absolute atomic E-state index is 0.00236. The van der Waals surface area contributed by atoms with Crippen molar-refractivity contribution >= 4 is 20.6 Å². The van der Waals surface area contributed by atoms with E-state index in [1.807, 2.05) is 0 Å². The molecular formula is C18H14FN5O4S. The summed E-state index contributed by atoms with van der Waals surface area (Å²) in [5, 5.41) is 10.7. The molecule has 0 amide bonds. The number of sulfone groups is 1. The summed E-state index contributed by atoms with van der Waals surface area (Å²) >= 11 is 0. The molecule has 4 aromatic rings. The van der Waals surface area contributed by atoms with Gasteiger partial charge in [-0.3, -0.25) is 9.89 Å². The quantitative estimate of drug-likeness (QED) is 0.525. The average Bonchev–Trinajstić information content (AvgIpc) is 3.27. The first-order valence-electron chi connectivity index (χ1n) is 8.33. The van der Waals surface area contributed by atoms with Crippen LogP contribution in [0.5, 0.6) is 5.88 Å². The number of H-pyrrole nitrogens is 1. The summed E-state index contributed by atoms with van der Waals surface area (Å²) in [6.45, 7) is -0.202. The first-order chi connectivity index (χ1) is 13.9. The maximum Gasteiger partial charge on any atom is 0.274 e. The highest BCUT2D eigenvalue weighted by Crippen LogP contribution is 2.22. The van der Waals surface area contributed by atoms with E-state index >= 15 is 0 Å². The van der Waals surface area contributed by atoms with Gasteiger partial charge < -0.3 is 4.74 Å². The Hall–Kier alpha value is -3.60. The molecule has 11 heteroatoms. The zero-order chi connectivity index (χ0) is 20.6. The molecule has 0 atom stereocenters. The van der Waals surface area contributed by atoms with Crippen LogP contribution in [0.25, 0.3) is 10.8 Å². The van der Waals surface area contributed by atoms with E-state index in [1.54, 1.807) is 0 Å². The molecular weight excluding hydrogens is 401 g/mol. The van der Waals surface area contributed by atoms with Gasteiger partial charge in [-0.2, -0.15) is 10.2 Å². The zero-order valence-corrected chi connectivity index (χ0v) is 15.9. The van der Waals surface area contributed by atoms with Crippen LogP contribution in [0.3, 0.4) is 0 Å². The SMILES string of the molecule is COc1ccc(F)c(Cn2ncc3cc(S(=O)(=O)c4cn[nH]c4)ccc3c2=O)n1. The topological polar surface area (TPSA) is 120 Å². The number of aromatic amines is 1. The lowest BCUT2D eigenvalue weighted by atomic mass is 10.2. The molecule has 0 fully saturated rings. The van der Waals surface area contributed by atoms with Gasteiger partial charge in [0.2, 0.25) is 15.7 Å². The summed E-state index contributed by atoms with van der Waals surface area (Å²) in [5.74, 6) is -0.384. The summed E-state index contributed by atoms with van der Waals surface area (Å²) in [4.78, 5) is 16.8. The Morgan fingerprint density at radius 2 is 2.00 bits per heavy atom. The Morgan fingerprint density at radius 3 is 2.72 bits per heavy atom. The van der Waals surface area contributed by atoms with Crippen LogP contribution in [0.2, 0.25) is 0 Å². The summed E-state index contributed by atoms with van der Waals surface area (Å²) in [5.41, 5.74) is -0.503. The fourth-order valence-electron chi connectivity index (χ4n) is 2.80. The summed E-state index contributed by atoms with van der Waals surface area (Å²) in [6.07, 6.45) is 3.82. The van der Waals surface area contributed by atoms with Crippen molar-refractivity contribution in [3.8, 4) is 5.88 Å². The number of fused-ring (bicyclic) bond motifs is 1. The molecule has 3 heterocycles. The second-order valence-electron chi connectivity index (χ2n) is 6.08. The van der Waals surface area contributed by atoms with Crippen LogP contribution in [0.4, 0.5) is 4.39 Å². The molecule has 0 spiro atoms. The van der Waals surface area contributed by atoms with Gasteiger partial charge in [0.15, 0.2) is 0 Å². The largest absolute Gasteiger partial charge is 0.481 e. The average molecular weight is 415 g/mol. The summed E-state index contributed by atoms with van der Waals surface area (Å²) < 4.78 is 45.3. The van der Waals surface area contributed by atoms with E-state index in [4.69, 9.17) is 4.74 Å². The van der Waals surface area contributed by atoms with Gasteiger partial charge >= 0.3 is 0 Å². The minimum Gasteiger partial charge on any atom is -0.481 e. The zero-order valence-electron chi connectivity index (χ0n) is 15.0. The Morgan fingerprint density at radius 1 is 1.17 bits per heavy atom. The molecule has 29 heavy (non-hydrogen) atoms. The number of nitrogens with zero attached hydrogens (tertiary/aromatic N) is 4. The van der Waals surface area contributed by atoms with E-state index in [2.05, 4.69) is 20.3 Å². The summed E-state index contributed by atoms with van der Waals surface area (Å²) in [6, 6.07) is 6.66. The Kier molecular flexibility index (Phi) is 4.59. The van der Waals surface area contributed by atoms with Crippen LogP contribution < -0.4 is 10.3 Å². The number of pyridine rings is 1. The van der Waals surface area contributed by atoms with Gasteiger partial charge in [-0.25, -0.2) is 22.5 Å². The number of aromatic nitrogens is 5. The second-order valence-corrected chi connectivity index (χ2v) is 8.03. The van der Waals surface area contributed by atoms with Gasteiger partial charge in [0.05, 0.1) is 36.3 Å². The highest BCUT2D eigenvalue weighted by molar-refractivity contribution is 7.91. The molecule has 148 valence electrons. The van der Waals surface area contributed by atoms with Crippen molar-refractivity contribution in [3.05, 3.63) is 70.8 Å². The van der Waals surface area contributed by atoms with Crippen LogP contribution >= 0.6 is 0 Å². The molecule has 0 bridgehead atoms. The second kappa shape index (κ2) is 7.09. The number of hydrogen-bond acceptors (Lipinski definition) is 7. The molecule has 0 aliphatic rings. The smallest absolute Gasteiger partial charge is 0.274 e. The third-order valence-electron chi connectivity index (χ3n) is 4.32. The molecule has 0 radical (unpaired) electrons. The van der Waals surface area contributed by atoms with E-state index in [0.717, 1.165) is 4.68 Å². The first kappa shape index (κ1) is 18.7. The normalized spacial score (nSPS) is 11.7. The molecule has 0 aliphatic heterocycles. The van der Waals surface area contributed by atoms with Crippen LogP contribution in [-0.4, -0.2) is 40.5 Å². The fraction of sp³-hybridized carbons (Fsp3) is 0.111. The van der Waals surface area contributed by atoms with Crippen molar-refractivity contribution in [2.24, 2.45) is 0 Å². The number of ether oxygens (including phenoxy) is 1. The lowest BCUT2D eigenvalue weighted by Gasteiger charge is -2.09. The Balaban J connectivity index is 1.75. The van der Waals surface area contributed by atoms with E-state index in [9.17, 15) is 17.6 Å². The molecule has 3 aromatic heterocycles. The van der Waals surface area contributed by atoms with Crippen molar-refractivity contribution in [3.63, 3.8) is 0 Å². The number of halogens is 1. The van der Waals surface area contributed by atoms with Crippen molar-refractivity contribution in [1.82, 2.24) is 25.0 Å². The van der Waals surface area contributed by atoms with Crippen molar-refractivity contribution in [2.45, 2.75) is 16.3 Å². The third kappa shape index (κ3) is 3.36. The fourth-order valence-corrected chi connectivity index (χ4v) is 4.00. The molecule has 4 rings (SSSR count). The number of nitrogens with one attached hydrogen (secondary N) is 1. The van der Waals surface area contributed by atoms with E-state index in [-0.39, 0.29) is 33.3 Å². The standard InChI is InChI=1S/C18H14FN5O4S/c1-28-17-5-4-15(19)16(23-17)10-24-18(25)14-3-2-12(6-11(14)7-22-24)29(26,27)13-8-20-21-9-13/h2-9H,10H2,1H3,(H,20,21).